The molecule has 8 heteroatoms. The van der Waals surface area contributed by atoms with Gasteiger partial charge in [0.05, 0.1) is 13.0 Å². The lowest BCUT2D eigenvalue weighted by Gasteiger charge is -2.19. The molecule has 0 aromatic heterocycles. The summed E-state index contributed by atoms with van der Waals surface area (Å²) in [5, 5.41) is 8.08. The normalized spacial score (nSPS) is 10.8. The van der Waals surface area contributed by atoms with Crippen LogP contribution in [-0.2, 0) is 25.6 Å². The highest BCUT2D eigenvalue weighted by Crippen LogP contribution is 2.10. The maximum absolute atomic E-state index is 11.8. The molecule has 0 saturated heterocycles. The molecule has 1 aromatic rings. The summed E-state index contributed by atoms with van der Waals surface area (Å²) in [4.78, 5) is 34.9. The number of methoxy groups -OCH3 is 1. The maximum Gasteiger partial charge on any atom is 0.407 e. The number of amides is 3. The zero-order valence-corrected chi connectivity index (χ0v) is 16.4. The Morgan fingerprint density at radius 2 is 1.63 bits per heavy atom. The number of ether oxygens (including phenoxy) is 2. The van der Waals surface area contributed by atoms with Gasteiger partial charge in [-0.15, -0.1) is 0 Å². The van der Waals surface area contributed by atoms with Crippen LogP contribution in [0.2, 0.25) is 0 Å². The molecular weight excluding hydrogens is 350 g/mol. The van der Waals surface area contributed by atoms with Gasteiger partial charge in [0, 0.05) is 32.3 Å². The molecule has 1 rings (SSSR count). The first-order valence-corrected chi connectivity index (χ1v) is 8.81. The molecule has 0 radical (unpaired) electrons. The van der Waals surface area contributed by atoms with Crippen molar-refractivity contribution in [2.24, 2.45) is 0 Å². The number of benzene rings is 1. The van der Waals surface area contributed by atoms with Crippen molar-refractivity contribution >= 4 is 23.6 Å². The molecule has 0 spiro atoms. The van der Waals surface area contributed by atoms with Crippen LogP contribution < -0.4 is 16.0 Å². The number of carbonyl (C=O) groups excluding carboxylic acids is 3. The molecule has 0 aliphatic rings. The third kappa shape index (κ3) is 10.9. The maximum atomic E-state index is 11.8. The molecule has 3 amide bonds. The molecule has 0 fully saturated rings. The zero-order chi connectivity index (χ0) is 20.3. The fraction of sp³-hybridized carbons (Fsp3) is 0.526. The first kappa shape index (κ1) is 22.4. The number of anilines is 1. The summed E-state index contributed by atoms with van der Waals surface area (Å²) in [6, 6.07) is 7.20. The number of rotatable bonds is 9. The Morgan fingerprint density at radius 3 is 2.22 bits per heavy atom. The molecule has 0 heterocycles. The summed E-state index contributed by atoms with van der Waals surface area (Å²) in [5.41, 5.74) is 1.02. The quantitative estimate of drug-likeness (QED) is 0.610. The molecular formula is C19H29N3O5. The van der Waals surface area contributed by atoms with E-state index in [0.29, 0.717) is 25.3 Å². The lowest BCUT2D eigenvalue weighted by molar-refractivity contribution is -0.121. The summed E-state index contributed by atoms with van der Waals surface area (Å²) in [7, 11) is 1.55. The van der Waals surface area contributed by atoms with E-state index < -0.39 is 11.7 Å². The van der Waals surface area contributed by atoms with Crippen LogP contribution in [0.3, 0.4) is 0 Å². The van der Waals surface area contributed by atoms with Crippen molar-refractivity contribution in [2.45, 2.75) is 45.8 Å². The Kier molecular flexibility index (Phi) is 9.29. The van der Waals surface area contributed by atoms with Gasteiger partial charge in [0.25, 0.3) is 0 Å². The Bertz CT molecular complexity index is 623. The van der Waals surface area contributed by atoms with E-state index in [0.717, 1.165) is 5.56 Å². The van der Waals surface area contributed by atoms with Gasteiger partial charge in [0.2, 0.25) is 11.8 Å². The Morgan fingerprint density at radius 1 is 0.963 bits per heavy atom. The molecule has 150 valence electrons. The summed E-state index contributed by atoms with van der Waals surface area (Å²) >= 11 is 0. The van der Waals surface area contributed by atoms with E-state index in [-0.39, 0.29) is 24.8 Å². The van der Waals surface area contributed by atoms with Crippen LogP contribution in [0.25, 0.3) is 0 Å². The fourth-order valence-electron chi connectivity index (χ4n) is 2.01. The lowest BCUT2D eigenvalue weighted by Crippen LogP contribution is -2.35. The fourth-order valence-corrected chi connectivity index (χ4v) is 2.01. The predicted molar refractivity (Wildman–Crippen MR) is 102 cm³/mol. The Hall–Kier alpha value is -2.61. The van der Waals surface area contributed by atoms with Crippen molar-refractivity contribution in [3.63, 3.8) is 0 Å². The first-order chi connectivity index (χ1) is 12.7. The molecule has 0 aliphatic heterocycles. The standard InChI is InChI=1S/C19H29N3O5/c1-19(2,3)27-18(25)20-11-9-16(23)21-13-14-5-7-15(8-6-14)22-17(24)10-12-26-4/h5-8H,9-13H2,1-4H3,(H,20,25)(H,21,23)(H,22,24). The topological polar surface area (TPSA) is 106 Å². The van der Waals surface area contributed by atoms with E-state index >= 15 is 0 Å². The highest BCUT2D eigenvalue weighted by atomic mass is 16.6. The highest BCUT2D eigenvalue weighted by molar-refractivity contribution is 5.90. The minimum Gasteiger partial charge on any atom is -0.444 e. The summed E-state index contributed by atoms with van der Waals surface area (Å²) in [6.45, 7) is 6.26. The first-order valence-electron chi connectivity index (χ1n) is 8.81. The summed E-state index contributed by atoms with van der Waals surface area (Å²) in [6.07, 6.45) is -0.0862. The van der Waals surface area contributed by atoms with Gasteiger partial charge in [-0.3, -0.25) is 9.59 Å². The minimum absolute atomic E-state index is 0.115. The number of hydrogen-bond acceptors (Lipinski definition) is 5. The van der Waals surface area contributed by atoms with Crippen molar-refractivity contribution in [2.75, 3.05) is 25.6 Å². The van der Waals surface area contributed by atoms with Crippen LogP contribution in [0.1, 0.15) is 39.2 Å². The number of hydrogen-bond donors (Lipinski definition) is 3. The third-order valence-electron chi connectivity index (χ3n) is 3.28. The minimum atomic E-state index is -0.568. The van der Waals surface area contributed by atoms with Gasteiger partial charge in [-0.05, 0) is 38.5 Å². The zero-order valence-electron chi connectivity index (χ0n) is 16.4. The SMILES string of the molecule is COCCC(=O)Nc1ccc(CNC(=O)CCNC(=O)OC(C)(C)C)cc1. The van der Waals surface area contributed by atoms with Crippen LogP contribution >= 0.6 is 0 Å². The second kappa shape index (κ2) is 11.2. The predicted octanol–water partition coefficient (Wildman–Crippen LogP) is 2.19. The molecule has 0 unspecified atom stereocenters. The van der Waals surface area contributed by atoms with Gasteiger partial charge in [-0.2, -0.15) is 0 Å². The molecule has 0 atom stereocenters. The van der Waals surface area contributed by atoms with Crippen LogP contribution in [-0.4, -0.2) is 43.8 Å². The van der Waals surface area contributed by atoms with Gasteiger partial charge >= 0.3 is 6.09 Å². The molecule has 1 aromatic carbocycles. The smallest absolute Gasteiger partial charge is 0.407 e. The molecule has 0 saturated carbocycles. The molecule has 0 aliphatic carbocycles. The number of nitrogens with one attached hydrogen (secondary N) is 3. The lowest BCUT2D eigenvalue weighted by atomic mass is 10.2. The molecule has 8 nitrogen and oxygen atoms in total. The average Bonchev–Trinajstić information content (AvgIpc) is 2.57. The van der Waals surface area contributed by atoms with Crippen molar-refractivity contribution in [3.8, 4) is 0 Å². The third-order valence-corrected chi connectivity index (χ3v) is 3.28. The molecule has 3 N–H and O–H groups in total. The van der Waals surface area contributed by atoms with Gasteiger partial charge < -0.3 is 25.4 Å². The second-order valence-corrected chi connectivity index (χ2v) is 6.94. The molecule has 0 bridgehead atoms. The van der Waals surface area contributed by atoms with Crippen molar-refractivity contribution < 1.29 is 23.9 Å². The van der Waals surface area contributed by atoms with Crippen LogP contribution in [0, 0.1) is 0 Å². The van der Waals surface area contributed by atoms with E-state index in [1.54, 1.807) is 40.0 Å². The van der Waals surface area contributed by atoms with Crippen LogP contribution in [0.15, 0.2) is 24.3 Å². The molecule has 27 heavy (non-hydrogen) atoms. The summed E-state index contributed by atoms with van der Waals surface area (Å²) < 4.78 is 9.95. The van der Waals surface area contributed by atoms with Crippen LogP contribution in [0.4, 0.5) is 10.5 Å². The van der Waals surface area contributed by atoms with E-state index in [9.17, 15) is 14.4 Å². The number of alkyl carbamates (subject to hydrolysis) is 1. The van der Waals surface area contributed by atoms with Gasteiger partial charge in [-0.1, -0.05) is 12.1 Å². The van der Waals surface area contributed by atoms with Gasteiger partial charge in [-0.25, -0.2) is 4.79 Å². The van der Waals surface area contributed by atoms with Crippen molar-refractivity contribution in [1.29, 1.82) is 0 Å². The van der Waals surface area contributed by atoms with Crippen LogP contribution in [0.5, 0.6) is 0 Å². The van der Waals surface area contributed by atoms with Gasteiger partial charge in [0.15, 0.2) is 0 Å². The van der Waals surface area contributed by atoms with E-state index in [1.165, 1.54) is 0 Å². The largest absolute Gasteiger partial charge is 0.444 e. The average molecular weight is 379 g/mol. The van der Waals surface area contributed by atoms with E-state index in [2.05, 4.69) is 16.0 Å². The Labute approximate surface area is 160 Å². The van der Waals surface area contributed by atoms with E-state index in [4.69, 9.17) is 9.47 Å². The number of carbonyl (C=O) groups is 3. The highest BCUT2D eigenvalue weighted by Gasteiger charge is 2.15. The second-order valence-electron chi connectivity index (χ2n) is 6.94. The monoisotopic (exact) mass is 379 g/mol. The van der Waals surface area contributed by atoms with Crippen molar-refractivity contribution in [1.82, 2.24) is 10.6 Å². The van der Waals surface area contributed by atoms with Crippen molar-refractivity contribution in [3.05, 3.63) is 29.8 Å². The Balaban J connectivity index is 2.27. The summed E-state index contributed by atoms with van der Waals surface area (Å²) in [5.74, 6) is -0.293. The van der Waals surface area contributed by atoms with Gasteiger partial charge in [0.1, 0.15) is 5.60 Å². The van der Waals surface area contributed by atoms with E-state index in [1.807, 2.05) is 12.1 Å².